The average molecular weight is 433 g/mol. The standard InChI is InChI=1S/C23H20N4O3S/c1-13-5-8-16(9-6-13)30-18-10-7-15(12-24-18)25-21(28)20-14(2)19-22(31-20)26-17-4-3-11-27(17)23(19)29/h5-10,12H,3-4,11H2,1-2H3,(H,25,28). The zero-order valence-corrected chi connectivity index (χ0v) is 18.0. The number of carbonyl (C=O) groups is 1. The molecule has 0 saturated carbocycles. The summed E-state index contributed by atoms with van der Waals surface area (Å²) in [6, 6.07) is 11.1. The molecule has 1 N–H and O–H groups in total. The molecule has 0 aliphatic carbocycles. The van der Waals surface area contributed by atoms with Crippen LogP contribution in [0.5, 0.6) is 11.6 Å². The zero-order valence-electron chi connectivity index (χ0n) is 17.1. The molecule has 7 nitrogen and oxygen atoms in total. The van der Waals surface area contributed by atoms with Crippen molar-refractivity contribution in [3.63, 3.8) is 0 Å². The van der Waals surface area contributed by atoms with E-state index in [4.69, 9.17) is 4.74 Å². The fraction of sp³-hybridized carbons (Fsp3) is 0.217. The molecule has 4 aromatic rings. The minimum absolute atomic E-state index is 0.0513. The summed E-state index contributed by atoms with van der Waals surface area (Å²) in [4.78, 5) is 35.7. The normalized spacial score (nSPS) is 12.7. The van der Waals surface area contributed by atoms with E-state index in [2.05, 4.69) is 15.3 Å². The molecule has 4 heterocycles. The largest absolute Gasteiger partial charge is 0.439 e. The van der Waals surface area contributed by atoms with Crippen LogP contribution in [-0.4, -0.2) is 20.4 Å². The van der Waals surface area contributed by atoms with E-state index in [-0.39, 0.29) is 11.5 Å². The Hall–Kier alpha value is -3.52. The van der Waals surface area contributed by atoms with E-state index in [1.165, 1.54) is 11.3 Å². The van der Waals surface area contributed by atoms with Crippen LogP contribution >= 0.6 is 11.3 Å². The minimum Gasteiger partial charge on any atom is -0.439 e. The molecule has 156 valence electrons. The third-order valence-electron chi connectivity index (χ3n) is 5.36. The van der Waals surface area contributed by atoms with Gasteiger partial charge in [0, 0.05) is 19.0 Å². The van der Waals surface area contributed by atoms with Gasteiger partial charge in [0.1, 0.15) is 16.4 Å². The van der Waals surface area contributed by atoms with Gasteiger partial charge in [0.2, 0.25) is 5.88 Å². The second-order valence-corrected chi connectivity index (χ2v) is 8.58. The summed E-state index contributed by atoms with van der Waals surface area (Å²) in [7, 11) is 0. The van der Waals surface area contributed by atoms with Crippen molar-refractivity contribution in [1.82, 2.24) is 14.5 Å². The Morgan fingerprint density at radius 3 is 2.71 bits per heavy atom. The van der Waals surface area contributed by atoms with Crippen LogP contribution in [0.2, 0.25) is 0 Å². The lowest BCUT2D eigenvalue weighted by Crippen LogP contribution is -2.20. The van der Waals surface area contributed by atoms with Gasteiger partial charge in [0.25, 0.3) is 11.5 Å². The molecule has 8 heteroatoms. The second kappa shape index (κ2) is 7.63. The van der Waals surface area contributed by atoms with Crippen LogP contribution in [-0.2, 0) is 13.0 Å². The summed E-state index contributed by atoms with van der Waals surface area (Å²) in [6.07, 6.45) is 3.28. The van der Waals surface area contributed by atoms with Crippen LogP contribution in [0.4, 0.5) is 5.69 Å². The van der Waals surface area contributed by atoms with Crippen LogP contribution in [0.3, 0.4) is 0 Å². The predicted molar refractivity (Wildman–Crippen MR) is 120 cm³/mol. The highest BCUT2D eigenvalue weighted by Crippen LogP contribution is 2.29. The van der Waals surface area contributed by atoms with Crippen molar-refractivity contribution in [2.24, 2.45) is 0 Å². The molecule has 0 unspecified atom stereocenters. The number of hydrogen-bond acceptors (Lipinski definition) is 6. The lowest BCUT2D eigenvalue weighted by molar-refractivity contribution is 0.103. The molecule has 31 heavy (non-hydrogen) atoms. The highest BCUT2D eigenvalue weighted by atomic mass is 32.1. The maximum absolute atomic E-state index is 12.9. The van der Waals surface area contributed by atoms with Gasteiger partial charge in [0.15, 0.2) is 0 Å². The number of carbonyl (C=O) groups excluding carboxylic acids is 1. The van der Waals surface area contributed by atoms with Crippen molar-refractivity contribution in [1.29, 1.82) is 0 Å². The van der Waals surface area contributed by atoms with Crippen LogP contribution < -0.4 is 15.6 Å². The third-order valence-corrected chi connectivity index (χ3v) is 6.54. The Morgan fingerprint density at radius 1 is 1.16 bits per heavy atom. The van der Waals surface area contributed by atoms with Gasteiger partial charge in [-0.15, -0.1) is 11.3 Å². The predicted octanol–water partition coefficient (Wildman–Crippen LogP) is 4.46. The lowest BCUT2D eigenvalue weighted by atomic mass is 10.2. The number of pyridine rings is 1. The van der Waals surface area contributed by atoms with Crippen molar-refractivity contribution in [3.8, 4) is 11.6 Å². The molecule has 3 aromatic heterocycles. The minimum atomic E-state index is -0.279. The summed E-state index contributed by atoms with van der Waals surface area (Å²) in [5, 5.41) is 3.39. The van der Waals surface area contributed by atoms with Crippen molar-refractivity contribution in [2.75, 3.05) is 5.32 Å². The van der Waals surface area contributed by atoms with Crippen LogP contribution in [0.25, 0.3) is 10.2 Å². The van der Waals surface area contributed by atoms with Gasteiger partial charge in [-0.2, -0.15) is 0 Å². The summed E-state index contributed by atoms with van der Waals surface area (Å²) < 4.78 is 7.44. The quantitative estimate of drug-likeness (QED) is 0.515. The van der Waals surface area contributed by atoms with E-state index in [1.54, 1.807) is 29.8 Å². The number of aryl methyl sites for hydroxylation is 3. The van der Waals surface area contributed by atoms with Gasteiger partial charge in [-0.25, -0.2) is 9.97 Å². The number of amides is 1. The summed E-state index contributed by atoms with van der Waals surface area (Å²) in [5.41, 5.74) is 2.32. The molecule has 1 amide bonds. The van der Waals surface area contributed by atoms with Crippen molar-refractivity contribution >= 4 is 33.1 Å². The molecule has 0 bridgehead atoms. The number of rotatable bonds is 4. The van der Waals surface area contributed by atoms with Crippen LogP contribution in [0, 0.1) is 13.8 Å². The summed E-state index contributed by atoms with van der Waals surface area (Å²) in [5.74, 6) is 1.66. The van der Waals surface area contributed by atoms with Gasteiger partial charge >= 0.3 is 0 Å². The average Bonchev–Trinajstić information content (AvgIpc) is 3.36. The molecule has 0 saturated heterocycles. The smallest absolute Gasteiger partial charge is 0.266 e. The Bertz CT molecular complexity index is 1360. The molecule has 5 rings (SSSR count). The number of anilines is 1. The van der Waals surface area contributed by atoms with E-state index < -0.39 is 0 Å². The number of aromatic nitrogens is 3. The molecule has 0 fully saturated rings. The maximum Gasteiger partial charge on any atom is 0.266 e. The van der Waals surface area contributed by atoms with E-state index in [9.17, 15) is 9.59 Å². The summed E-state index contributed by atoms with van der Waals surface area (Å²) >= 11 is 1.26. The Balaban J connectivity index is 1.36. The first kappa shape index (κ1) is 19.4. The fourth-order valence-corrected chi connectivity index (χ4v) is 4.81. The third kappa shape index (κ3) is 3.59. The number of ether oxygens (including phenoxy) is 1. The number of benzene rings is 1. The molecular weight excluding hydrogens is 412 g/mol. The molecule has 0 radical (unpaired) electrons. The lowest BCUT2D eigenvalue weighted by Gasteiger charge is -2.07. The van der Waals surface area contributed by atoms with Gasteiger partial charge < -0.3 is 10.1 Å². The Morgan fingerprint density at radius 2 is 1.97 bits per heavy atom. The highest BCUT2D eigenvalue weighted by Gasteiger charge is 2.23. The first-order valence-corrected chi connectivity index (χ1v) is 10.9. The highest BCUT2D eigenvalue weighted by molar-refractivity contribution is 7.20. The van der Waals surface area contributed by atoms with Crippen LogP contribution in [0.15, 0.2) is 47.4 Å². The van der Waals surface area contributed by atoms with Crippen LogP contribution in [0.1, 0.15) is 33.0 Å². The SMILES string of the molecule is Cc1ccc(Oc2ccc(NC(=O)c3sc4nc5n(c(=O)c4c3C)CCC5)cn2)cc1. The van der Waals surface area contributed by atoms with E-state index in [0.717, 1.165) is 24.2 Å². The molecule has 0 spiro atoms. The van der Waals surface area contributed by atoms with E-state index in [1.807, 2.05) is 31.2 Å². The van der Waals surface area contributed by atoms with Crippen molar-refractivity contribution < 1.29 is 9.53 Å². The number of thiophene rings is 1. The number of fused-ring (bicyclic) bond motifs is 2. The van der Waals surface area contributed by atoms with Gasteiger partial charge in [-0.05, 0) is 44.0 Å². The van der Waals surface area contributed by atoms with E-state index in [0.29, 0.717) is 44.5 Å². The maximum atomic E-state index is 12.9. The first-order chi connectivity index (χ1) is 15.0. The number of nitrogens with zero attached hydrogens (tertiary/aromatic N) is 3. The Kier molecular flexibility index (Phi) is 4.78. The van der Waals surface area contributed by atoms with Gasteiger partial charge in [-0.3, -0.25) is 14.2 Å². The second-order valence-electron chi connectivity index (χ2n) is 7.58. The molecular formula is C23H20N4O3S. The van der Waals surface area contributed by atoms with Gasteiger partial charge in [-0.1, -0.05) is 17.7 Å². The molecule has 1 aliphatic heterocycles. The van der Waals surface area contributed by atoms with Gasteiger partial charge in [0.05, 0.1) is 22.1 Å². The van der Waals surface area contributed by atoms with Crippen molar-refractivity contribution in [3.05, 3.63) is 74.8 Å². The fourth-order valence-electron chi connectivity index (χ4n) is 3.72. The number of nitrogens with one attached hydrogen (secondary N) is 1. The first-order valence-electron chi connectivity index (χ1n) is 10.0. The molecule has 1 aromatic carbocycles. The molecule has 1 aliphatic rings. The van der Waals surface area contributed by atoms with Crippen molar-refractivity contribution in [2.45, 2.75) is 33.2 Å². The Labute approximate surface area is 182 Å². The topological polar surface area (TPSA) is 86.1 Å². The summed E-state index contributed by atoms with van der Waals surface area (Å²) in [6.45, 7) is 4.50. The zero-order chi connectivity index (χ0) is 21.5. The monoisotopic (exact) mass is 432 g/mol. The molecule has 0 atom stereocenters. The number of hydrogen-bond donors (Lipinski definition) is 1. The van der Waals surface area contributed by atoms with E-state index >= 15 is 0 Å².